The topological polar surface area (TPSA) is 98.5 Å². The molecule has 0 aliphatic carbocycles. The summed E-state index contributed by atoms with van der Waals surface area (Å²) in [5.41, 5.74) is 7.11. The number of hydrogen-bond acceptors (Lipinski definition) is 5. The minimum Gasteiger partial charge on any atom is -0.468 e. The molecule has 0 amide bonds. The van der Waals surface area contributed by atoms with Gasteiger partial charge in [0.05, 0.1) is 19.3 Å². The zero-order valence-corrected chi connectivity index (χ0v) is 12.1. The third kappa shape index (κ3) is 4.91. The first-order valence-corrected chi connectivity index (χ1v) is 7.40. The maximum Gasteiger partial charge on any atom is 0.322 e. The Morgan fingerprint density at radius 2 is 2.15 bits per heavy atom. The third-order valence-corrected chi connectivity index (χ3v) is 3.51. The number of carbonyl (C=O) groups excluding carboxylic acids is 1. The van der Waals surface area contributed by atoms with E-state index in [4.69, 9.17) is 5.73 Å². The van der Waals surface area contributed by atoms with Gasteiger partial charge in [-0.1, -0.05) is 11.8 Å². The second-order valence-corrected chi connectivity index (χ2v) is 5.70. The van der Waals surface area contributed by atoms with Gasteiger partial charge in [-0.2, -0.15) is 0 Å². The number of hydrogen-bond donors (Lipinski definition) is 2. The van der Waals surface area contributed by atoms with E-state index >= 15 is 0 Å². The lowest BCUT2D eigenvalue weighted by Gasteiger charge is -2.10. The van der Waals surface area contributed by atoms with E-state index in [9.17, 15) is 13.2 Å². The average molecular weight is 296 g/mol. The summed E-state index contributed by atoms with van der Waals surface area (Å²) < 4.78 is 30.1. The summed E-state index contributed by atoms with van der Waals surface area (Å²) in [6, 6.07) is 5.00. The highest BCUT2D eigenvalue weighted by atomic mass is 32.2. The van der Waals surface area contributed by atoms with Crippen LogP contribution in [0.2, 0.25) is 0 Å². The van der Waals surface area contributed by atoms with Crippen molar-refractivity contribution in [3.63, 3.8) is 0 Å². The fraction of sp³-hybridized carbons (Fsp3) is 0.308. The number of benzene rings is 1. The van der Waals surface area contributed by atoms with Gasteiger partial charge in [-0.25, -0.2) is 8.42 Å². The number of nitrogens with two attached hydrogens (primary N) is 1. The van der Waals surface area contributed by atoms with Gasteiger partial charge in [-0.3, -0.25) is 9.52 Å². The Hall–Kier alpha value is -2.04. The number of anilines is 1. The molecule has 0 aromatic heterocycles. The minimum absolute atomic E-state index is 0.257. The summed E-state index contributed by atoms with van der Waals surface area (Å²) in [6.45, 7) is 2.00. The van der Waals surface area contributed by atoms with Gasteiger partial charge in [-0.05, 0) is 30.7 Å². The highest BCUT2D eigenvalue weighted by molar-refractivity contribution is 7.93. The van der Waals surface area contributed by atoms with E-state index in [0.29, 0.717) is 11.3 Å². The molecule has 108 valence electrons. The van der Waals surface area contributed by atoms with Crippen LogP contribution in [0.4, 0.5) is 5.69 Å². The molecule has 0 atom stereocenters. The molecule has 0 heterocycles. The second kappa shape index (κ2) is 6.93. The molecule has 7 heteroatoms. The zero-order chi connectivity index (χ0) is 15.2. The first-order valence-electron chi connectivity index (χ1n) is 5.75. The molecule has 0 unspecified atom stereocenters. The number of carbonyl (C=O) groups is 1. The Morgan fingerprint density at radius 3 is 2.70 bits per heavy atom. The van der Waals surface area contributed by atoms with Gasteiger partial charge in [0.25, 0.3) is 0 Å². The van der Waals surface area contributed by atoms with Gasteiger partial charge in [-0.15, -0.1) is 0 Å². The Bertz CT molecular complexity index is 657. The lowest BCUT2D eigenvalue weighted by Crippen LogP contribution is -2.24. The quantitative estimate of drug-likeness (QED) is 0.612. The predicted molar refractivity (Wildman–Crippen MR) is 76.5 cm³/mol. The summed E-state index contributed by atoms with van der Waals surface area (Å²) in [7, 11) is -2.65. The van der Waals surface area contributed by atoms with Crippen LogP contribution in [0, 0.1) is 18.8 Å². The van der Waals surface area contributed by atoms with Crippen molar-refractivity contribution in [2.24, 2.45) is 5.73 Å². The van der Waals surface area contributed by atoms with Crippen LogP contribution >= 0.6 is 0 Å². The molecule has 0 bridgehead atoms. The van der Waals surface area contributed by atoms with Crippen molar-refractivity contribution in [3.8, 4) is 11.8 Å². The van der Waals surface area contributed by atoms with Crippen LogP contribution in [-0.2, 0) is 19.6 Å². The van der Waals surface area contributed by atoms with Crippen molar-refractivity contribution in [3.05, 3.63) is 29.3 Å². The van der Waals surface area contributed by atoms with Crippen LogP contribution in [-0.4, -0.2) is 33.8 Å². The summed E-state index contributed by atoms with van der Waals surface area (Å²) in [5.74, 6) is 4.02. The van der Waals surface area contributed by atoms with Gasteiger partial charge < -0.3 is 10.5 Å². The molecule has 20 heavy (non-hydrogen) atoms. The summed E-state index contributed by atoms with van der Waals surface area (Å²) in [5, 5.41) is 0. The smallest absolute Gasteiger partial charge is 0.322 e. The van der Waals surface area contributed by atoms with Gasteiger partial charge in [0.2, 0.25) is 10.0 Å². The summed E-state index contributed by atoms with van der Waals surface area (Å²) in [4.78, 5) is 11.0. The molecule has 1 aromatic carbocycles. The van der Waals surface area contributed by atoms with E-state index in [1.165, 1.54) is 0 Å². The molecule has 0 fully saturated rings. The Morgan fingerprint density at radius 1 is 1.45 bits per heavy atom. The summed E-state index contributed by atoms with van der Waals surface area (Å²) >= 11 is 0. The molecular weight excluding hydrogens is 280 g/mol. The SMILES string of the molecule is COC(=O)CS(=O)(=O)Nc1ccc(C#CCN)cc1C. The Labute approximate surface area is 118 Å². The van der Waals surface area contributed by atoms with Crippen LogP contribution in [0.3, 0.4) is 0 Å². The number of sulfonamides is 1. The first-order chi connectivity index (χ1) is 9.38. The Kier molecular flexibility index (Phi) is 5.55. The van der Waals surface area contributed by atoms with Crippen molar-refractivity contribution in [1.82, 2.24) is 0 Å². The van der Waals surface area contributed by atoms with Crippen molar-refractivity contribution in [1.29, 1.82) is 0 Å². The summed E-state index contributed by atoms with van der Waals surface area (Å²) in [6.07, 6.45) is 0. The number of methoxy groups -OCH3 is 1. The molecule has 1 aromatic rings. The molecule has 0 radical (unpaired) electrons. The molecular formula is C13H16N2O4S. The van der Waals surface area contributed by atoms with Gasteiger partial charge in [0, 0.05) is 5.56 Å². The van der Waals surface area contributed by atoms with Crippen molar-refractivity contribution in [2.75, 3.05) is 24.1 Å². The van der Waals surface area contributed by atoms with Crippen LogP contribution < -0.4 is 10.5 Å². The van der Waals surface area contributed by atoms with Crippen LogP contribution in [0.5, 0.6) is 0 Å². The number of rotatable bonds is 4. The molecule has 0 saturated carbocycles. The number of ether oxygens (including phenoxy) is 1. The number of nitrogens with one attached hydrogen (secondary N) is 1. The van der Waals surface area contributed by atoms with Gasteiger partial charge in [0.1, 0.15) is 0 Å². The van der Waals surface area contributed by atoms with Gasteiger partial charge in [0.15, 0.2) is 5.75 Å². The number of esters is 1. The Balaban J connectivity index is 2.91. The monoisotopic (exact) mass is 296 g/mol. The molecule has 1 rings (SSSR count). The lowest BCUT2D eigenvalue weighted by molar-refractivity contribution is -0.137. The van der Waals surface area contributed by atoms with E-state index in [0.717, 1.165) is 12.7 Å². The van der Waals surface area contributed by atoms with Crippen LogP contribution in [0.1, 0.15) is 11.1 Å². The molecule has 0 spiro atoms. The fourth-order valence-corrected chi connectivity index (χ4v) is 2.49. The predicted octanol–water partition coefficient (Wildman–Crippen LogP) is 0.220. The zero-order valence-electron chi connectivity index (χ0n) is 11.3. The molecule has 6 nitrogen and oxygen atoms in total. The first kappa shape index (κ1) is 16.0. The van der Waals surface area contributed by atoms with E-state index in [2.05, 4.69) is 21.3 Å². The van der Waals surface area contributed by atoms with Crippen LogP contribution in [0.25, 0.3) is 0 Å². The fourth-order valence-electron chi connectivity index (χ4n) is 1.43. The molecule has 0 aliphatic rings. The van der Waals surface area contributed by atoms with E-state index in [-0.39, 0.29) is 6.54 Å². The normalized spacial score (nSPS) is 10.3. The van der Waals surface area contributed by atoms with Crippen molar-refractivity contribution >= 4 is 21.7 Å². The highest BCUT2D eigenvalue weighted by Crippen LogP contribution is 2.17. The lowest BCUT2D eigenvalue weighted by atomic mass is 10.1. The third-order valence-electron chi connectivity index (χ3n) is 2.36. The van der Waals surface area contributed by atoms with E-state index < -0.39 is 21.7 Å². The van der Waals surface area contributed by atoms with E-state index in [1.54, 1.807) is 25.1 Å². The second-order valence-electron chi connectivity index (χ2n) is 3.97. The number of aryl methyl sites for hydroxylation is 1. The largest absolute Gasteiger partial charge is 0.468 e. The van der Waals surface area contributed by atoms with Crippen molar-refractivity contribution in [2.45, 2.75) is 6.92 Å². The molecule has 0 saturated heterocycles. The highest BCUT2D eigenvalue weighted by Gasteiger charge is 2.17. The maximum atomic E-state index is 11.7. The van der Waals surface area contributed by atoms with Crippen LogP contribution in [0.15, 0.2) is 18.2 Å². The van der Waals surface area contributed by atoms with Crippen molar-refractivity contribution < 1.29 is 17.9 Å². The van der Waals surface area contributed by atoms with E-state index in [1.807, 2.05) is 0 Å². The maximum absolute atomic E-state index is 11.7. The average Bonchev–Trinajstić information content (AvgIpc) is 2.38. The molecule has 3 N–H and O–H groups in total. The molecule has 0 aliphatic heterocycles. The standard InChI is InChI=1S/C13H16N2O4S/c1-10-8-11(4-3-7-14)5-6-12(10)15-20(17,18)9-13(16)19-2/h5-6,8,15H,7,9,14H2,1-2H3. The minimum atomic E-state index is -3.78. The van der Waals surface area contributed by atoms with Gasteiger partial charge >= 0.3 is 5.97 Å².